The molecule has 0 saturated heterocycles. The molecule has 0 aliphatic carbocycles. The van der Waals surface area contributed by atoms with Crippen LogP contribution in [0.1, 0.15) is 19.2 Å². The Morgan fingerprint density at radius 3 is 2.84 bits per heavy atom. The normalized spacial score (nSPS) is 11.9. The highest BCUT2D eigenvalue weighted by Gasteiger charge is 2.19. The first-order chi connectivity index (χ1) is 12.2. The quantitative estimate of drug-likeness (QED) is 0.675. The zero-order valence-electron chi connectivity index (χ0n) is 13.4. The van der Waals surface area contributed by atoms with Gasteiger partial charge in [0.15, 0.2) is 6.10 Å². The average Bonchev–Trinajstić information content (AvgIpc) is 3.30. The van der Waals surface area contributed by atoms with E-state index in [0.717, 1.165) is 4.88 Å². The minimum atomic E-state index is -0.610. The number of amides is 1. The number of halogens is 1. The highest BCUT2D eigenvalue weighted by molar-refractivity contribution is 7.13. The molecule has 2 aromatic heterocycles. The zero-order chi connectivity index (χ0) is 17.6. The molecule has 0 radical (unpaired) electrons. The van der Waals surface area contributed by atoms with Crippen molar-refractivity contribution in [2.45, 2.75) is 26.0 Å². The van der Waals surface area contributed by atoms with Crippen LogP contribution in [0.15, 0.2) is 46.3 Å². The van der Waals surface area contributed by atoms with Gasteiger partial charge < -0.3 is 14.6 Å². The Hall–Kier alpha value is -2.38. The highest BCUT2D eigenvalue weighted by Crippen LogP contribution is 2.21. The van der Waals surface area contributed by atoms with Crippen molar-refractivity contribution in [3.63, 3.8) is 0 Å². The maximum Gasteiger partial charge on any atom is 0.261 e. The monoisotopic (exact) mass is 377 g/mol. The molecule has 0 aliphatic rings. The largest absolute Gasteiger partial charge is 0.481 e. The van der Waals surface area contributed by atoms with Crippen molar-refractivity contribution in [3.8, 4) is 16.5 Å². The number of carbonyl (C=O) groups is 1. The number of thiophene rings is 1. The van der Waals surface area contributed by atoms with E-state index in [4.69, 9.17) is 20.9 Å². The fraction of sp³-hybridized carbons (Fsp3) is 0.235. The van der Waals surface area contributed by atoms with E-state index in [1.54, 1.807) is 24.3 Å². The van der Waals surface area contributed by atoms with Gasteiger partial charge in [0.2, 0.25) is 11.7 Å². The second kappa shape index (κ2) is 8.13. The summed E-state index contributed by atoms with van der Waals surface area (Å²) >= 11 is 7.37. The summed E-state index contributed by atoms with van der Waals surface area (Å²) in [5.74, 6) is 1.21. The van der Waals surface area contributed by atoms with E-state index in [-0.39, 0.29) is 12.5 Å². The van der Waals surface area contributed by atoms with Gasteiger partial charge in [-0.3, -0.25) is 4.79 Å². The summed E-state index contributed by atoms with van der Waals surface area (Å²) in [5.41, 5.74) is 0. The van der Waals surface area contributed by atoms with Crippen LogP contribution < -0.4 is 10.1 Å². The van der Waals surface area contributed by atoms with Crippen LogP contribution in [-0.2, 0) is 11.3 Å². The lowest BCUT2D eigenvalue weighted by Crippen LogP contribution is -2.37. The van der Waals surface area contributed by atoms with E-state index in [9.17, 15) is 4.79 Å². The highest BCUT2D eigenvalue weighted by atomic mass is 35.5. The van der Waals surface area contributed by atoms with Crippen LogP contribution in [0.2, 0.25) is 5.02 Å². The summed E-state index contributed by atoms with van der Waals surface area (Å²) in [6, 6.07) is 10.7. The molecule has 6 nitrogen and oxygen atoms in total. The van der Waals surface area contributed by atoms with Crippen molar-refractivity contribution in [3.05, 3.63) is 52.7 Å². The standard InChI is InChI=1S/C17H16ClN3O3S/c1-2-13(23-12-7-5-11(18)6-8-12)17(22)19-10-15-20-16(21-24-15)14-4-3-9-25-14/h3-9,13H,2,10H2,1H3,(H,19,22). The second-order valence-electron chi connectivity index (χ2n) is 5.18. The number of nitrogens with zero attached hydrogens (tertiary/aromatic N) is 2. The molecule has 1 unspecified atom stereocenters. The SMILES string of the molecule is CCC(Oc1ccc(Cl)cc1)C(=O)NCc1nc(-c2cccs2)no1. The van der Waals surface area contributed by atoms with Gasteiger partial charge in [-0.1, -0.05) is 29.7 Å². The third kappa shape index (κ3) is 4.58. The van der Waals surface area contributed by atoms with Crippen LogP contribution >= 0.6 is 22.9 Å². The van der Waals surface area contributed by atoms with Crippen molar-refractivity contribution in [2.24, 2.45) is 0 Å². The number of ether oxygens (including phenoxy) is 1. The first-order valence-corrected chi connectivity index (χ1v) is 8.98. The van der Waals surface area contributed by atoms with Crippen LogP contribution in [0.3, 0.4) is 0 Å². The molecule has 3 aromatic rings. The third-order valence-electron chi connectivity index (χ3n) is 3.38. The van der Waals surface area contributed by atoms with Gasteiger partial charge in [0.1, 0.15) is 5.75 Å². The summed E-state index contributed by atoms with van der Waals surface area (Å²) < 4.78 is 10.9. The number of carbonyl (C=O) groups excluding carboxylic acids is 1. The first kappa shape index (κ1) is 17.4. The predicted octanol–water partition coefficient (Wildman–Crippen LogP) is 3.93. The van der Waals surface area contributed by atoms with Gasteiger partial charge in [-0.15, -0.1) is 11.3 Å². The molecule has 0 saturated carbocycles. The van der Waals surface area contributed by atoms with Gasteiger partial charge in [-0.25, -0.2) is 0 Å². The molecule has 8 heteroatoms. The predicted molar refractivity (Wildman–Crippen MR) is 95.6 cm³/mol. The molecule has 2 heterocycles. The Bertz CT molecular complexity index is 818. The van der Waals surface area contributed by atoms with Crippen molar-refractivity contribution in [1.82, 2.24) is 15.5 Å². The number of hydrogen-bond donors (Lipinski definition) is 1. The maximum absolute atomic E-state index is 12.3. The van der Waals surface area contributed by atoms with Gasteiger partial charge in [-0.05, 0) is 42.1 Å². The lowest BCUT2D eigenvalue weighted by Gasteiger charge is -2.16. The molecule has 3 rings (SSSR count). The van der Waals surface area contributed by atoms with Crippen molar-refractivity contribution in [2.75, 3.05) is 0 Å². The first-order valence-electron chi connectivity index (χ1n) is 7.72. The lowest BCUT2D eigenvalue weighted by molar-refractivity contribution is -0.128. The molecular formula is C17H16ClN3O3S. The van der Waals surface area contributed by atoms with Crippen LogP contribution in [-0.4, -0.2) is 22.2 Å². The van der Waals surface area contributed by atoms with E-state index in [0.29, 0.717) is 28.9 Å². The lowest BCUT2D eigenvalue weighted by atomic mass is 10.2. The molecule has 130 valence electrons. The Labute approximate surface area is 153 Å². The van der Waals surface area contributed by atoms with E-state index in [1.165, 1.54) is 11.3 Å². The summed E-state index contributed by atoms with van der Waals surface area (Å²) in [6.07, 6.45) is -0.0838. The Kier molecular flexibility index (Phi) is 5.67. The Morgan fingerprint density at radius 2 is 2.16 bits per heavy atom. The average molecular weight is 378 g/mol. The van der Waals surface area contributed by atoms with Crippen LogP contribution in [0, 0.1) is 0 Å². The molecule has 0 bridgehead atoms. The number of benzene rings is 1. The van der Waals surface area contributed by atoms with Gasteiger partial charge in [0, 0.05) is 5.02 Å². The third-order valence-corrected chi connectivity index (χ3v) is 4.50. The minimum Gasteiger partial charge on any atom is -0.481 e. The number of hydrogen-bond acceptors (Lipinski definition) is 6. The molecule has 0 aliphatic heterocycles. The number of rotatable bonds is 7. The van der Waals surface area contributed by atoms with Crippen LogP contribution in [0.25, 0.3) is 10.7 Å². The maximum atomic E-state index is 12.3. The van der Waals surface area contributed by atoms with Gasteiger partial charge in [0.25, 0.3) is 5.91 Å². The molecule has 1 amide bonds. The molecule has 0 spiro atoms. The van der Waals surface area contributed by atoms with Gasteiger partial charge >= 0.3 is 0 Å². The topological polar surface area (TPSA) is 77.2 Å². The summed E-state index contributed by atoms with van der Waals surface area (Å²) in [6.45, 7) is 2.03. The Balaban J connectivity index is 1.56. The van der Waals surface area contributed by atoms with E-state index >= 15 is 0 Å². The van der Waals surface area contributed by atoms with Crippen molar-refractivity contribution < 1.29 is 14.1 Å². The summed E-state index contributed by atoms with van der Waals surface area (Å²) in [7, 11) is 0. The van der Waals surface area contributed by atoms with Gasteiger partial charge in [-0.2, -0.15) is 4.98 Å². The zero-order valence-corrected chi connectivity index (χ0v) is 15.0. The van der Waals surface area contributed by atoms with Crippen molar-refractivity contribution in [1.29, 1.82) is 0 Å². The van der Waals surface area contributed by atoms with Gasteiger partial charge in [0.05, 0.1) is 11.4 Å². The van der Waals surface area contributed by atoms with E-state index in [1.807, 2.05) is 24.4 Å². The summed E-state index contributed by atoms with van der Waals surface area (Å²) in [4.78, 5) is 17.5. The molecule has 25 heavy (non-hydrogen) atoms. The van der Waals surface area contributed by atoms with Crippen LogP contribution in [0.5, 0.6) is 5.75 Å². The smallest absolute Gasteiger partial charge is 0.261 e. The van der Waals surface area contributed by atoms with Crippen molar-refractivity contribution >= 4 is 28.8 Å². The Morgan fingerprint density at radius 1 is 1.36 bits per heavy atom. The molecule has 1 atom stereocenters. The second-order valence-corrected chi connectivity index (χ2v) is 6.56. The van der Waals surface area contributed by atoms with Crippen LogP contribution in [0.4, 0.5) is 0 Å². The molecule has 0 fully saturated rings. The molecular weight excluding hydrogens is 362 g/mol. The molecule has 1 aromatic carbocycles. The van der Waals surface area contributed by atoms with E-state index in [2.05, 4.69) is 15.5 Å². The summed E-state index contributed by atoms with van der Waals surface area (Å²) in [5, 5.41) is 9.22. The fourth-order valence-electron chi connectivity index (χ4n) is 2.11. The molecule has 1 N–H and O–H groups in total. The number of nitrogens with one attached hydrogen (secondary N) is 1. The minimum absolute atomic E-state index is 0.150. The fourth-order valence-corrected chi connectivity index (χ4v) is 2.88. The number of aromatic nitrogens is 2. The van der Waals surface area contributed by atoms with E-state index < -0.39 is 6.10 Å².